The van der Waals surface area contributed by atoms with Gasteiger partial charge < -0.3 is 10.3 Å². The summed E-state index contributed by atoms with van der Waals surface area (Å²) in [5.41, 5.74) is 3.38. The summed E-state index contributed by atoms with van der Waals surface area (Å²) in [4.78, 5) is 7.89. The van der Waals surface area contributed by atoms with E-state index in [0.717, 1.165) is 21.2 Å². The van der Waals surface area contributed by atoms with Gasteiger partial charge in [0.2, 0.25) is 0 Å². The highest BCUT2D eigenvalue weighted by molar-refractivity contribution is 7.19. The fourth-order valence-electron chi connectivity index (χ4n) is 1.99. The van der Waals surface area contributed by atoms with Gasteiger partial charge >= 0.3 is 0 Å². The zero-order chi connectivity index (χ0) is 11.8. The van der Waals surface area contributed by atoms with Crippen LogP contribution in [-0.4, -0.2) is 17.0 Å². The van der Waals surface area contributed by atoms with Crippen molar-refractivity contribution in [1.82, 2.24) is 9.97 Å². The maximum absolute atomic E-state index is 4.61. The Kier molecular flexibility index (Phi) is 2.37. The van der Waals surface area contributed by atoms with Crippen LogP contribution in [0.4, 0.5) is 5.00 Å². The summed E-state index contributed by atoms with van der Waals surface area (Å²) >= 11 is 1.69. The van der Waals surface area contributed by atoms with Gasteiger partial charge in [-0.05, 0) is 13.0 Å². The van der Waals surface area contributed by atoms with Crippen LogP contribution >= 0.6 is 11.3 Å². The summed E-state index contributed by atoms with van der Waals surface area (Å²) in [6, 6.07) is 8.29. The van der Waals surface area contributed by atoms with Gasteiger partial charge in [0, 0.05) is 29.7 Å². The number of aromatic nitrogens is 2. The third kappa shape index (κ3) is 1.61. The molecule has 0 aliphatic carbocycles. The molecule has 0 saturated carbocycles. The summed E-state index contributed by atoms with van der Waals surface area (Å²) in [5.74, 6) is 0. The lowest BCUT2D eigenvalue weighted by molar-refractivity contribution is 1.26. The number of para-hydroxylation sites is 1. The monoisotopic (exact) mass is 243 g/mol. The number of nitrogens with one attached hydrogen (secondary N) is 2. The van der Waals surface area contributed by atoms with Crippen LogP contribution < -0.4 is 5.32 Å². The highest BCUT2D eigenvalue weighted by atomic mass is 32.1. The first-order valence-electron chi connectivity index (χ1n) is 5.51. The molecule has 0 radical (unpaired) electrons. The third-order valence-electron chi connectivity index (χ3n) is 2.84. The maximum atomic E-state index is 4.61. The Morgan fingerprint density at radius 3 is 2.88 bits per heavy atom. The minimum atomic E-state index is 1.05. The summed E-state index contributed by atoms with van der Waals surface area (Å²) in [6.07, 6.45) is 2.03. The van der Waals surface area contributed by atoms with E-state index in [2.05, 4.69) is 33.5 Å². The molecule has 0 aliphatic heterocycles. The normalized spacial score (nSPS) is 10.9. The van der Waals surface area contributed by atoms with Crippen molar-refractivity contribution in [2.45, 2.75) is 6.92 Å². The van der Waals surface area contributed by atoms with Crippen molar-refractivity contribution in [3.8, 4) is 10.6 Å². The number of anilines is 1. The molecular weight excluding hydrogens is 230 g/mol. The van der Waals surface area contributed by atoms with Crippen LogP contribution in [0.3, 0.4) is 0 Å². The van der Waals surface area contributed by atoms with E-state index in [9.17, 15) is 0 Å². The number of benzene rings is 1. The molecule has 3 rings (SSSR count). The number of aryl methyl sites for hydroxylation is 1. The van der Waals surface area contributed by atoms with Gasteiger partial charge in [0.1, 0.15) is 10.0 Å². The minimum absolute atomic E-state index is 1.05. The summed E-state index contributed by atoms with van der Waals surface area (Å²) in [7, 11) is 1.93. The second-order valence-electron chi connectivity index (χ2n) is 3.93. The van der Waals surface area contributed by atoms with E-state index in [1.165, 1.54) is 10.9 Å². The lowest BCUT2D eigenvalue weighted by Gasteiger charge is -1.93. The highest BCUT2D eigenvalue weighted by Crippen LogP contribution is 2.35. The zero-order valence-electron chi connectivity index (χ0n) is 9.74. The second kappa shape index (κ2) is 3.89. The third-order valence-corrected chi connectivity index (χ3v) is 4.05. The summed E-state index contributed by atoms with van der Waals surface area (Å²) < 4.78 is 0. The molecule has 0 bridgehead atoms. The van der Waals surface area contributed by atoms with E-state index in [4.69, 9.17) is 0 Å². The molecule has 3 aromatic rings. The predicted molar refractivity (Wildman–Crippen MR) is 73.7 cm³/mol. The molecule has 4 heteroatoms. The van der Waals surface area contributed by atoms with Crippen LogP contribution in [0, 0.1) is 6.92 Å². The van der Waals surface area contributed by atoms with Gasteiger partial charge in [0.25, 0.3) is 0 Å². The lowest BCUT2D eigenvalue weighted by atomic mass is 10.2. The predicted octanol–water partition coefficient (Wildman–Crippen LogP) is 3.64. The molecule has 0 amide bonds. The molecule has 0 aliphatic rings. The topological polar surface area (TPSA) is 40.7 Å². The van der Waals surface area contributed by atoms with Gasteiger partial charge in [-0.15, -0.1) is 0 Å². The van der Waals surface area contributed by atoms with Crippen molar-refractivity contribution in [2.75, 3.05) is 12.4 Å². The van der Waals surface area contributed by atoms with Crippen LogP contribution in [0.25, 0.3) is 21.5 Å². The Bertz CT molecular complexity index is 666. The van der Waals surface area contributed by atoms with Gasteiger partial charge in [-0.25, -0.2) is 4.98 Å². The molecule has 2 N–H and O–H groups in total. The molecule has 2 heterocycles. The maximum Gasteiger partial charge on any atom is 0.127 e. The summed E-state index contributed by atoms with van der Waals surface area (Å²) in [5, 5.41) is 6.59. The number of hydrogen-bond donors (Lipinski definition) is 2. The molecular formula is C13H13N3S. The van der Waals surface area contributed by atoms with Gasteiger partial charge in [-0.3, -0.25) is 0 Å². The highest BCUT2D eigenvalue weighted by Gasteiger charge is 2.11. The van der Waals surface area contributed by atoms with Crippen LogP contribution in [0.15, 0.2) is 30.5 Å². The molecule has 0 spiro atoms. The molecule has 1 aromatic carbocycles. The summed E-state index contributed by atoms with van der Waals surface area (Å²) in [6.45, 7) is 2.03. The number of H-pyrrole nitrogens is 1. The van der Waals surface area contributed by atoms with Crippen LogP contribution in [0.5, 0.6) is 0 Å². The number of aromatic amines is 1. The molecule has 0 atom stereocenters. The van der Waals surface area contributed by atoms with Gasteiger partial charge in [-0.1, -0.05) is 29.5 Å². The van der Waals surface area contributed by atoms with E-state index in [-0.39, 0.29) is 0 Å². The minimum Gasteiger partial charge on any atom is -0.378 e. The fraction of sp³-hybridized carbons (Fsp3) is 0.154. The number of hydrogen-bond acceptors (Lipinski definition) is 3. The van der Waals surface area contributed by atoms with E-state index >= 15 is 0 Å². The molecule has 0 unspecified atom stereocenters. The Morgan fingerprint density at radius 2 is 2.12 bits per heavy atom. The first-order chi connectivity index (χ1) is 8.29. The van der Waals surface area contributed by atoms with Gasteiger partial charge in [0.15, 0.2) is 0 Å². The van der Waals surface area contributed by atoms with E-state index in [0.29, 0.717) is 0 Å². The molecule has 0 fully saturated rings. The molecule has 3 nitrogen and oxygen atoms in total. The van der Waals surface area contributed by atoms with Crippen LogP contribution in [0.2, 0.25) is 0 Å². The SMILES string of the molecule is CNc1sc(-c2c[nH]c3ccccc23)nc1C. The molecule has 2 aromatic heterocycles. The smallest absolute Gasteiger partial charge is 0.127 e. The molecule has 17 heavy (non-hydrogen) atoms. The molecule has 86 valence electrons. The molecule has 0 saturated heterocycles. The lowest BCUT2D eigenvalue weighted by Crippen LogP contribution is -1.85. The zero-order valence-corrected chi connectivity index (χ0v) is 10.6. The van der Waals surface area contributed by atoms with Crippen molar-refractivity contribution in [2.24, 2.45) is 0 Å². The Labute approximate surface area is 104 Å². The quantitative estimate of drug-likeness (QED) is 0.721. The van der Waals surface area contributed by atoms with E-state index in [1.54, 1.807) is 11.3 Å². The van der Waals surface area contributed by atoms with Crippen LogP contribution in [-0.2, 0) is 0 Å². The van der Waals surface area contributed by atoms with E-state index in [1.807, 2.05) is 26.2 Å². The van der Waals surface area contributed by atoms with Crippen molar-refractivity contribution in [1.29, 1.82) is 0 Å². The average molecular weight is 243 g/mol. The average Bonchev–Trinajstić information content (AvgIpc) is 2.92. The van der Waals surface area contributed by atoms with Gasteiger partial charge in [-0.2, -0.15) is 0 Å². The second-order valence-corrected chi connectivity index (χ2v) is 4.93. The largest absolute Gasteiger partial charge is 0.378 e. The Hall–Kier alpha value is -1.81. The number of rotatable bonds is 2. The van der Waals surface area contributed by atoms with Crippen LogP contribution in [0.1, 0.15) is 5.69 Å². The number of nitrogens with zero attached hydrogens (tertiary/aromatic N) is 1. The number of fused-ring (bicyclic) bond motifs is 1. The first-order valence-corrected chi connectivity index (χ1v) is 6.33. The van der Waals surface area contributed by atoms with Crippen molar-refractivity contribution in [3.05, 3.63) is 36.2 Å². The Balaban J connectivity index is 2.20. The standard InChI is InChI=1S/C13H13N3S/c1-8-12(14-2)17-13(16-8)10-7-15-11-6-4-3-5-9(10)11/h3-7,14-15H,1-2H3. The fourth-order valence-corrected chi connectivity index (χ4v) is 2.94. The Morgan fingerprint density at radius 1 is 1.29 bits per heavy atom. The van der Waals surface area contributed by atoms with Crippen molar-refractivity contribution >= 4 is 27.2 Å². The van der Waals surface area contributed by atoms with Gasteiger partial charge in [0.05, 0.1) is 5.69 Å². The van der Waals surface area contributed by atoms with Crippen molar-refractivity contribution < 1.29 is 0 Å². The van der Waals surface area contributed by atoms with E-state index < -0.39 is 0 Å². The van der Waals surface area contributed by atoms with Crippen molar-refractivity contribution in [3.63, 3.8) is 0 Å². The first kappa shape index (κ1) is 10.4. The number of thiazole rings is 1.